The lowest BCUT2D eigenvalue weighted by atomic mass is 10.2. The molecule has 96 valence electrons. The highest BCUT2D eigenvalue weighted by molar-refractivity contribution is 7.89. The van der Waals surface area contributed by atoms with Crippen molar-refractivity contribution >= 4 is 10.0 Å². The zero-order valence-corrected chi connectivity index (χ0v) is 11.0. The van der Waals surface area contributed by atoms with Crippen molar-refractivity contribution in [3.63, 3.8) is 0 Å². The predicted molar refractivity (Wildman–Crippen MR) is 66.4 cm³/mol. The minimum Gasteiger partial charge on any atom is -0.361 e. The molecule has 0 bridgehead atoms. The van der Waals surface area contributed by atoms with Gasteiger partial charge in [-0.05, 0) is 31.5 Å². The average Bonchev–Trinajstić information content (AvgIpc) is 2.73. The molecule has 0 unspecified atom stereocenters. The minimum absolute atomic E-state index is 0.119. The summed E-state index contributed by atoms with van der Waals surface area (Å²) in [6.07, 6.45) is 0. The van der Waals surface area contributed by atoms with Gasteiger partial charge in [-0.2, -0.15) is 0 Å². The Morgan fingerprint density at radius 2 is 2.06 bits per heavy atom. The summed E-state index contributed by atoms with van der Waals surface area (Å²) in [5.41, 5.74) is 1.46. The molecular formula is C12H14N2O3S. The first kappa shape index (κ1) is 12.8. The van der Waals surface area contributed by atoms with Crippen LogP contribution < -0.4 is 4.72 Å². The number of hydrogen-bond acceptors (Lipinski definition) is 4. The van der Waals surface area contributed by atoms with Crippen molar-refractivity contribution in [1.82, 2.24) is 9.88 Å². The molecule has 0 aliphatic heterocycles. The van der Waals surface area contributed by atoms with E-state index in [1.807, 2.05) is 13.0 Å². The molecule has 1 aromatic carbocycles. The molecule has 0 saturated heterocycles. The van der Waals surface area contributed by atoms with Crippen molar-refractivity contribution in [2.75, 3.05) is 0 Å². The van der Waals surface area contributed by atoms with Gasteiger partial charge in [-0.1, -0.05) is 17.3 Å². The summed E-state index contributed by atoms with van der Waals surface area (Å²) in [7, 11) is -3.50. The van der Waals surface area contributed by atoms with Gasteiger partial charge in [0.1, 0.15) is 5.76 Å². The number of rotatable bonds is 4. The smallest absolute Gasteiger partial charge is 0.240 e. The molecule has 0 saturated carbocycles. The summed E-state index contributed by atoms with van der Waals surface area (Å²) in [6, 6.07) is 8.43. The van der Waals surface area contributed by atoms with Crippen molar-refractivity contribution in [3.8, 4) is 0 Å². The van der Waals surface area contributed by atoms with Crippen LogP contribution in [0.3, 0.4) is 0 Å². The van der Waals surface area contributed by atoms with Gasteiger partial charge in [-0.3, -0.25) is 0 Å². The Morgan fingerprint density at radius 3 is 2.67 bits per heavy atom. The van der Waals surface area contributed by atoms with Crippen LogP contribution in [0.5, 0.6) is 0 Å². The summed E-state index contributed by atoms with van der Waals surface area (Å²) < 4.78 is 31.3. The van der Waals surface area contributed by atoms with Gasteiger partial charge in [0.2, 0.25) is 10.0 Å². The van der Waals surface area contributed by atoms with Gasteiger partial charge in [0.05, 0.1) is 17.1 Å². The second kappa shape index (κ2) is 4.91. The van der Waals surface area contributed by atoms with Crippen molar-refractivity contribution in [2.24, 2.45) is 0 Å². The van der Waals surface area contributed by atoms with Crippen molar-refractivity contribution in [2.45, 2.75) is 25.3 Å². The molecule has 0 atom stereocenters. The van der Waals surface area contributed by atoms with E-state index in [1.54, 1.807) is 31.2 Å². The third-order valence-corrected chi connectivity index (χ3v) is 3.82. The highest BCUT2D eigenvalue weighted by Crippen LogP contribution is 2.11. The summed E-state index contributed by atoms with van der Waals surface area (Å²) in [6.45, 7) is 3.72. The van der Waals surface area contributed by atoms with Crippen LogP contribution in [0.15, 0.2) is 39.8 Å². The zero-order chi connectivity index (χ0) is 13.2. The summed E-state index contributed by atoms with van der Waals surface area (Å²) >= 11 is 0. The molecule has 1 aromatic heterocycles. The molecule has 6 heteroatoms. The molecule has 0 aliphatic rings. The number of nitrogens with one attached hydrogen (secondary N) is 1. The maximum absolute atomic E-state index is 12.0. The molecule has 0 fully saturated rings. The lowest BCUT2D eigenvalue weighted by Crippen LogP contribution is -2.23. The molecule has 5 nitrogen and oxygen atoms in total. The van der Waals surface area contributed by atoms with Crippen LogP contribution >= 0.6 is 0 Å². The van der Waals surface area contributed by atoms with Gasteiger partial charge in [-0.25, -0.2) is 13.1 Å². The first-order chi connectivity index (χ1) is 8.47. The van der Waals surface area contributed by atoms with Gasteiger partial charge in [-0.15, -0.1) is 0 Å². The van der Waals surface area contributed by atoms with Crippen LogP contribution in [0.2, 0.25) is 0 Å². The lowest BCUT2D eigenvalue weighted by Gasteiger charge is -2.05. The molecule has 0 spiro atoms. The second-order valence-electron chi connectivity index (χ2n) is 4.07. The van der Waals surface area contributed by atoms with Gasteiger partial charge in [0.25, 0.3) is 0 Å². The number of nitrogens with zero attached hydrogens (tertiary/aromatic N) is 1. The summed E-state index contributed by atoms with van der Waals surface area (Å²) in [4.78, 5) is 0.253. The molecule has 0 aliphatic carbocycles. The maximum Gasteiger partial charge on any atom is 0.240 e. The molecule has 1 heterocycles. The monoisotopic (exact) mass is 266 g/mol. The Morgan fingerprint density at radius 1 is 1.28 bits per heavy atom. The van der Waals surface area contributed by atoms with Crippen LogP contribution in [0, 0.1) is 13.8 Å². The third kappa shape index (κ3) is 2.96. The van der Waals surface area contributed by atoms with Crippen LogP contribution in [-0.4, -0.2) is 13.6 Å². The molecule has 2 rings (SSSR count). The molecule has 18 heavy (non-hydrogen) atoms. The Balaban J connectivity index is 2.13. The normalized spacial score (nSPS) is 11.7. The molecule has 1 N–H and O–H groups in total. The number of aryl methyl sites for hydroxylation is 2. The van der Waals surface area contributed by atoms with Gasteiger partial charge < -0.3 is 4.52 Å². The van der Waals surface area contributed by atoms with E-state index in [4.69, 9.17) is 4.52 Å². The van der Waals surface area contributed by atoms with Gasteiger partial charge >= 0.3 is 0 Å². The van der Waals surface area contributed by atoms with E-state index in [0.29, 0.717) is 11.5 Å². The second-order valence-corrected chi connectivity index (χ2v) is 5.84. The van der Waals surface area contributed by atoms with Crippen LogP contribution in [0.25, 0.3) is 0 Å². The van der Waals surface area contributed by atoms with E-state index in [0.717, 1.165) is 5.56 Å². The fraction of sp³-hybridized carbons (Fsp3) is 0.250. The molecule has 0 radical (unpaired) electrons. The van der Waals surface area contributed by atoms with Crippen molar-refractivity contribution in [3.05, 3.63) is 47.3 Å². The van der Waals surface area contributed by atoms with Crippen molar-refractivity contribution < 1.29 is 12.9 Å². The fourth-order valence-corrected chi connectivity index (χ4v) is 2.64. The van der Waals surface area contributed by atoms with Crippen LogP contribution in [0.1, 0.15) is 17.0 Å². The van der Waals surface area contributed by atoms with E-state index in [9.17, 15) is 8.42 Å². The van der Waals surface area contributed by atoms with E-state index in [2.05, 4.69) is 9.88 Å². The predicted octanol–water partition coefficient (Wildman–Crippen LogP) is 1.77. The first-order valence-electron chi connectivity index (χ1n) is 5.46. The average molecular weight is 266 g/mol. The minimum atomic E-state index is -3.50. The van der Waals surface area contributed by atoms with E-state index in [-0.39, 0.29) is 11.4 Å². The molecular weight excluding hydrogens is 252 g/mol. The van der Waals surface area contributed by atoms with Gasteiger partial charge in [0.15, 0.2) is 0 Å². The van der Waals surface area contributed by atoms with Crippen LogP contribution in [-0.2, 0) is 16.6 Å². The number of sulfonamides is 1. The lowest BCUT2D eigenvalue weighted by molar-refractivity contribution is 0.390. The Labute approximate surface area is 106 Å². The number of benzene rings is 1. The Kier molecular flexibility index (Phi) is 3.49. The molecule has 2 aromatic rings. The summed E-state index contributed by atoms with van der Waals surface area (Å²) in [5.74, 6) is 0.653. The van der Waals surface area contributed by atoms with Gasteiger partial charge in [0, 0.05) is 6.07 Å². The van der Waals surface area contributed by atoms with Crippen molar-refractivity contribution in [1.29, 1.82) is 0 Å². The number of hydrogen-bond donors (Lipinski definition) is 1. The molecule has 0 amide bonds. The SMILES string of the molecule is Cc1cccc(S(=O)(=O)NCc2cc(C)on2)c1. The fourth-order valence-electron chi connectivity index (χ4n) is 1.54. The van der Waals surface area contributed by atoms with E-state index in [1.165, 1.54) is 0 Å². The topological polar surface area (TPSA) is 72.2 Å². The highest BCUT2D eigenvalue weighted by atomic mass is 32.2. The first-order valence-corrected chi connectivity index (χ1v) is 6.94. The summed E-state index contributed by atoms with van der Waals surface area (Å²) in [5, 5.41) is 3.73. The highest BCUT2D eigenvalue weighted by Gasteiger charge is 2.14. The number of aromatic nitrogens is 1. The van der Waals surface area contributed by atoms with E-state index < -0.39 is 10.0 Å². The Bertz CT molecular complexity index is 647. The largest absolute Gasteiger partial charge is 0.361 e. The standard InChI is InChI=1S/C12H14N2O3S/c1-9-4-3-5-12(6-9)18(15,16)13-8-11-7-10(2)17-14-11/h3-7,13H,8H2,1-2H3. The quantitative estimate of drug-likeness (QED) is 0.915. The third-order valence-electron chi connectivity index (χ3n) is 2.42. The van der Waals surface area contributed by atoms with E-state index >= 15 is 0 Å². The van der Waals surface area contributed by atoms with Crippen LogP contribution in [0.4, 0.5) is 0 Å². The maximum atomic E-state index is 12.0. The zero-order valence-electron chi connectivity index (χ0n) is 10.2. The Hall–Kier alpha value is -1.66.